The number of sulfonamides is 1. The number of primary sulfonamides is 1. The second-order valence-corrected chi connectivity index (χ2v) is 6.70. The average Bonchev–Trinajstić information content (AvgIpc) is 3.18. The van der Waals surface area contributed by atoms with Gasteiger partial charge in [-0.15, -0.1) is 0 Å². The molecule has 0 radical (unpaired) electrons. The lowest BCUT2D eigenvalue weighted by atomic mass is 10.2. The molecule has 0 aliphatic heterocycles. The van der Waals surface area contributed by atoms with Gasteiger partial charge < -0.3 is 5.32 Å². The van der Waals surface area contributed by atoms with E-state index >= 15 is 0 Å². The third kappa shape index (κ3) is 3.68. The third-order valence-corrected chi connectivity index (χ3v) is 4.57. The van der Waals surface area contributed by atoms with Gasteiger partial charge in [-0.05, 0) is 38.9 Å². The summed E-state index contributed by atoms with van der Waals surface area (Å²) >= 11 is 0. The molecule has 1 aliphatic carbocycles. The third-order valence-electron chi connectivity index (χ3n) is 3.60. The highest BCUT2D eigenvalue weighted by atomic mass is 32.2. The lowest BCUT2D eigenvalue weighted by molar-refractivity contribution is 0.257. The van der Waals surface area contributed by atoms with Crippen LogP contribution in [0.4, 0.5) is 5.69 Å². The Morgan fingerprint density at radius 3 is 2.63 bits per heavy atom. The minimum absolute atomic E-state index is 0.149. The summed E-state index contributed by atoms with van der Waals surface area (Å²) < 4.78 is 23.0. The fourth-order valence-corrected chi connectivity index (χ4v) is 2.82. The second-order valence-electron chi connectivity index (χ2n) is 5.17. The van der Waals surface area contributed by atoms with Crippen LogP contribution in [-0.4, -0.2) is 39.0 Å². The maximum atomic E-state index is 11.5. The predicted octanol–water partition coefficient (Wildman–Crippen LogP) is 1.23. The monoisotopic (exact) mass is 283 g/mol. The Hall–Kier alpha value is -1.11. The number of nitrogens with two attached hydrogens (primary N) is 1. The van der Waals surface area contributed by atoms with Crippen LogP contribution in [0.15, 0.2) is 29.2 Å². The van der Waals surface area contributed by atoms with Crippen LogP contribution in [-0.2, 0) is 10.0 Å². The van der Waals surface area contributed by atoms with Gasteiger partial charge in [0.05, 0.1) is 5.69 Å². The Kier molecular flexibility index (Phi) is 4.13. The number of para-hydroxylation sites is 1. The van der Waals surface area contributed by atoms with Crippen LogP contribution in [0.25, 0.3) is 0 Å². The van der Waals surface area contributed by atoms with Crippen LogP contribution in [0.2, 0.25) is 0 Å². The molecule has 0 bridgehead atoms. The van der Waals surface area contributed by atoms with Crippen LogP contribution in [0.1, 0.15) is 19.8 Å². The van der Waals surface area contributed by atoms with Gasteiger partial charge in [0.25, 0.3) is 0 Å². The highest BCUT2D eigenvalue weighted by Crippen LogP contribution is 2.27. The molecule has 0 spiro atoms. The zero-order valence-corrected chi connectivity index (χ0v) is 12.2. The maximum absolute atomic E-state index is 11.5. The van der Waals surface area contributed by atoms with E-state index in [-0.39, 0.29) is 4.90 Å². The van der Waals surface area contributed by atoms with E-state index < -0.39 is 10.0 Å². The summed E-state index contributed by atoms with van der Waals surface area (Å²) in [5.74, 6) is 0. The van der Waals surface area contributed by atoms with E-state index in [4.69, 9.17) is 5.14 Å². The second kappa shape index (κ2) is 5.48. The van der Waals surface area contributed by atoms with E-state index in [0.29, 0.717) is 24.3 Å². The molecule has 1 atom stereocenters. The minimum atomic E-state index is -3.68. The van der Waals surface area contributed by atoms with E-state index in [2.05, 4.69) is 24.2 Å². The molecular formula is C13H21N3O2S. The first-order chi connectivity index (χ1) is 8.89. The predicted molar refractivity (Wildman–Crippen MR) is 76.6 cm³/mol. The fourth-order valence-electron chi connectivity index (χ4n) is 2.10. The van der Waals surface area contributed by atoms with Gasteiger partial charge in [-0.1, -0.05) is 12.1 Å². The SMILES string of the molecule is CC(CNc1ccccc1S(N)(=O)=O)N(C)C1CC1. The van der Waals surface area contributed by atoms with E-state index in [1.54, 1.807) is 18.2 Å². The molecule has 1 unspecified atom stereocenters. The maximum Gasteiger partial charge on any atom is 0.240 e. The summed E-state index contributed by atoms with van der Waals surface area (Å²) in [4.78, 5) is 2.48. The van der Waals surface area contributed by atoms with Crippen LogP contribution < -0.4 is 10.5 Å². The number of benzene rings is 1. The molecule has 1 aliphatic rings. The number of hydrogen-bond acceptors (Lipinski definition) is 4. The molecule has 5 nitrogen and oxygen atoms in total. The molecule has 1 fully saturated rings. The molecule has 1 saturated carbocycles. The molecule has 0 amide bonds. The summed E-state index contributed by atoms with van der Waals surface area (Å²) in [6.07, 6.45) is 2.52. The standard InChI is InChI=1S/C13H21N3O2S/c1-10(16(2)11-7-8-11)9-15-12-5-3-4-6-13(12)19(14,17)18/h3-6,10-11,15H,7-9H2,1-2H3,(H2,14,17,18). The van der Waals surface area contributed by atoms with Crippen molar-refractivity contribution in [1.82, 2.24) is 4.90 Å². The number of nitrogens with zero attached hydrogens (tertiary/aromatic N) is 1. The Bertz CT molecular complexity index is 541. The number of hydrogen-bond donors (Lipinski definition) is 2. The molecule has 6 heteroatoms. The first-order valence-electron chi connectivity index (χ1n) is 6.47. The minimum Gasteiger partial charge on any atom is -0.382 e. The quantitative estimate of drug-likeness (QED) is 0.823. The Morgan fingerprint density at radius 2 is 2.05 bits per heavy atom. The highest BCUT2D eigenvalue weighted by molar-refractivity contribution is 7.89. The molecule has 0 aromatic heterocycles. The smallest absolute Gasteiger partial charge is 0.240 e. The molecule has 0 saturated heterocycles. The lowest BCUT2D eigenvalue weighted by Crippen LogP contribution is -2.36. The van der Waals surface area contributed by atoms with Gasteiger partial charge in [0.15, 0.2) is 0 Å². The Morgan fingerprint density at radius 1 is 1.42 bits per heavy atom. The van der Waals surface area contributed by atoms with Crippen molar-refractivity contribution in [2.75, 3.05) is 18.9 Å². The van der Waals surface area contributed by atoms with Crippen LogP contribution in [0.5, 0.6) is 0 Å². The molecule has 1 aromatic carbocycles. The van der Waals surface area contributed by atoms with Crippen LogP contribution >= 0.6 is 0 Å². The van der Waals surface area contributed by atoms with Crippen molar-refractivity contribution in [1.29, 1.82) is 0 Å². The van der Waals surface area contributed by atoms with Crippen LogP contribution in [0, 0.1) is 0 Å². The zero-order chi connectivity index (χ0) is 14.0. The molecule has 3 N–H and O–H groups in total. The summed E-state index contributed by atoms with van der Waals surface area (Å²) in [7, 11) is -1.57. The van der Waals surface area contributed by atoms with E-state index in [1.807, 2.05) is 0 Å². The number of anilines is 1. The van der Waals surface area contributed by atoms with E-state index in [1.165, 1.54) is 18.9 Å². The van der Waals surface area contributed by atoms with Gasteiger partial charge >= 0.3 is 0 Å². The van der Waals surface area contributed by atoms with Crippen molar-refractivity contribution < 1.29 is 8.42 Å². The van der Waals surface area contributed by atoms with Gasteiger partial charge in [0.1, 0.15) is 4.90 Å². The zero-order valence-electron chi connectivity index (χ0n) is 11.3. The normalized spacial score (nSPS) is 17.5. The van der Waals surface area contributed by atoms with Crippen molar-refractivity contribution >= 4 is 15.7 Å². The molecule has 0 heterocycles. The lowest BCUT2D eigenvalue weighted by Gasteiger charge is -2.25. The molecule has 2 rings (SSSR count). The number of likely N-dealkylation sites (N-methyl/N-ethyl adjacent to an activating group) is 1. The van der Waals surface area contributed by atoms with Gasteiger partial charge in [-0.3, -0.25) is 4.90 Å². The average molecular weight is 283 g/mol. The van der Waals surface area contributed by atoms with Gasteiger partial charge in [0, 0.05) is 18.6 Å². The van der Waals surface area contributed by atoms with Gasteiger partial charge in [-0.25, -0.2) is 13.6 Å². The van der Waals surface area contributed by atoms with Crippen molar-refractivity contribution in [3.05, 3.63) is 24.3 Å². The van der Waals surface area contributed by atoms with Gasteiger partial charge in [0.2, 0.25) is 10.0 Å². The summed E-state index contributed by atoms with van der Waals surface area (Å²) in [5.41, 5.74) is 0.570. The highest BCUT2D eigenvalue weighted by Gasteiger charge is 2.29. The Labute approximate surface area is 114 Å². The molecule has 1 aromatic rings. The first kappa shape index (κ1) is 14.3. The van der Waals surface area contributed by atoms with Crippen LogP contribution in [0.3, 0.4) is 0 Å². The van der Waals surface area contributed by atoms with Crippen molar-refractivity contribution in [3.63, 3.8) is 0 Å². The van der Waals surface area contributed by atoms with Gasteiger partial charge in [-0.2, -0.15) is 0 Å². The fraction of sp³-hybridized carbons (Fsp3) is 0.538. The molecule has 19 heavy (non-hydrogen) atoms. The van der Waals surface area contributed by atoms with E-state index in [0.717, 1.165) is 0 Å². The largest absolute Gasteiger partial charge is 0.382 e. The summed E-state index contributed by atoms with van der Waals surface area (Å²) in [5, 5.41) is 8.39. The number of nitrogens with one attached hydrogen (secondary N) is 1. The summed E-state index contributed by atoms with van der Waals surface area (Å²) in [6.45, 7) is 2.82. The summed E-state index contributed by atoms with van der Waals surface area (Å²) in [6, 6.07) is 7.76. The first-order valence-corrected chi connectivity index (χ1v) is 8.02. The van der Waals surface area contributed by atoms with Crippen molar-refractivity contribution in [2.45, 2.75) is 36.7 Å². The molecular weight excluding hydrogens is 262 g/mol. The molecule has 106 valence electrons. The topological polar surface area (TPSA) is 75.4 Å². The van der Waals surface area contributed by atoms with E-state index in [9.17, 15) is 8.42 Å². The van der Waals surface area contributed by atoms with Crippen molar-refractivity contribution in [2.24, 2.45) is 5.14 Å². The number of rotatable bonds is 6. The van der Waals surface area contributed by atoms with Crippen molar-refractivity contribution in [3.8, 4) is 0 Å². The Balaban J connectivity index is 2.03.